The van der Waals surface area contributed by atoms with Crippen molar-refractivity contribution in [1.29, 1.82) is 0 Å². The third-order valence-electron chi connectivity index (χ3n) is 3.82. The number of amides is 2. The van der Waals surface area contributed by atoms with E-state index in [0.29, 0.717) is 5.56 Å². The van der Waals surface area contributed by atoms with Crippen LogP contribution in [0.2, 0.25) is 0 Å². The number of ether oxygens (including phenoxy) is 2. The van der Waals surface area contributed by atoms with Gasteiger partial charge < -0.3 is 19.7 Å². The molecule has 29 heavy (non-hydrogen) atoms. The first kappa shape index (κ1) is 23.9. The number of carbonyl (C=O) groups is 3. The molecule has 0 aliphatic carbocycles. The minimum atomic E-state index is -1.29. The lowest BCUT2D eigenvalue weighted by molar-refractivity contribution is -0.385. The summed E-state index contributed by atoms with van der Waals surface area (Å²) in [5.74, 6) is -1.94. The van der Waals surface area contributed by atoms with Crippen LogP contribution in [0, 0.1) is 10.1 Å². The summed E-state index contributed by atoms with van der Waals surface area (Å²) in [6.07, 6.45) is -0.775. The highest BCUT2D eigenvalue weighted by atomic mass is 16.6. The van der Waals surface area contributed by atoms with Crippen LogP contribution in [0.5, 0.6) is 0 Å². The largest absolute Gasteiger partial charge is 0.459 e. The summed E-state index contributed by atoms with van der Waals surface area (Å²) in [4.78, 5) is 48.0. The van der Waals surface area contributed by atoms with Gasteiger partial charge in [-0.05, 0) is 40.2 Å². The molecule has 0 radical (unpaired) electrons. The van der Waals surface area contributed by atoms with Gasteiger partial charge in [0.1, 0.15) is 5.60 Å². The second kappa shape index (κ2) is 9.35. The lowest BCUT2D eigenvalue weighted by Crippen LogP contribution is -2.53. The number of esters is 1. The highest BCUT2D eigenvalue weighted by molar-refractivity contribution is 6.32. The van der Waals surface area contributed by atoms with Crippen LogP contribution in [0.1, 0.15) is 40.2 Å². The van der Waals surface area contributed by atoms with Crippen molar-refractivity contribution in [1.82, 2.24) is 10.2 Å². The number of hydrogen-bond donors (Lipinski definition) is 1. The lowest BCUT2D eigenvalue weighted by atomic mass is 9.91. The van der Waals surface area contributed by atoms with Gasteiger partial charge >= 0.3 is 18.0 Å². The maximum atomic E-state index is 12.4. The van der Waals surface area contributed by atoms with Gasteiger partial charge in [-0.15, -0.1) is 0 Å². The van der Waals surface area contributed by atoms with Crippen molar-refractivity contribution in [3.8, 4) is 0 Å². The van der Waals surface area contributed by atoms with Crippen LogP contribution in [0.25, 0.3) is 0 Å². The summed E-state index contributed by atoms with van der Waals surface area (Å²) >= 11 is 0. The molecule has 0 aromatic heterocycles. The number of hydrogen-bond acceptors (Lipinski definition) is 7. The first-order valence-electron chi connectivity index (χ1n) is 8.97. The molecule has 0 aliphatic heterocycles. The van der Waals surface area contributed by atoms with Crippen LogP contribution < -0.4 is 5.32 Å². The molecule has 2 amide bonds. The number of nitrogens with one attached hydrogen (secondary N) is 1. The Balaban J connectivity index is 3.25. The van der Waals surface area contributed by atoms with Gasteiger partial charge in [0.25, 0.3) is 5.69 Å². The van der Waals surface area contributed by atoms with E-state index in [9.17, 15) is 24.5 Å². The Labute approximate surface area is 169 Å². The molecule has 0 fully saturated rings. The average Bonchev–Trinajstić information content (AvgIpc) is 2.59. The molecular formula is C19H27N3O7. The number of benzene rings is 1. The molecule has 10 heteroatoms. The molecule has 1 atom stereocenters. The van der Waals surface area contributed by atoms with Crippen molar-refractivity contribution >= 4 is 23.7 Å². The Kier molecular flexibility index (Phi) is 7.70. The average molecular weight is 409 g/mol. The highest BCUT2D eigenvalue weighted by Gasteiger charge is 2.35. The predicted octanol–water partition coefficient (Wildman–Crippen LogP) is 2.36. The van der Waals surface area contributed by atoms with Gasteiger partial charge in [0.2, 0.25) is 0 Å². The molecule has 160 valence electrons. The van der Waals surface area contributed by atoms with Gasteiger partial charge in [0.05, 0.1) is 17.1 Å². The maximum absolute atomic E-state index is 12.4. The van der Waals surface area contributed by atoms with Crippen LogP contribution in [0.4, 0.5) is 10.5 Å². The molecule has 1 unspecified atom stereocenters. The second-order valence-corrected chi connectivity index (χ2v) is 7.65. The quantitative estimate of drug-likeness (QED) is 0.330. The Morgan fingerprint density at radius 3 is 2.34 bits per heavy atom. The van der Waals surface area contributed by atoms with E-state index in [4.69, 9.17) is 9.47 Å². The molecule has 0 aliphatic rings. The summed E-state index contributed by atoms with van der Waals surface area (Å²) in [5.41, 5.74) is -1.88. The number of likely N-dealkylation sites (N-methyl/N-ethyl adjacent to an activating group) is 1. The minimum absolute atomic E-state index is 0.0384. The van der Waals surface area contributed by atoms with Crippen molar-refractivity contribution in [3.05, 3.63) is 39.9 Å². The number of carbonyl (C=O) groups excluding carboxylic acids is 3. The fourth-order valence-corrected chi connectivity index (χ4v) is 2.59. The van der Waals surface area contributed by atoms with E-state index in [2.05, 4.69) is 5.32 Å². The smallest absolute Gasteiger partial charge is 0.408 e. The summed E-state index contributed by atoms with van der Waals surface area (Å²) in [7, 11) is 1.37. The van der Waals surface area contributed by atoms with Crippen molar-refractivity contribution in [2.45, 2.75) is 45.8 Å². The molecule has 1 N–H and O–H groups in total. The fourth-order valence-electron chi connectivity index (χ4n) is 2.59. The number of nitrogens with zero attached hydrogens (tertiary/aromatic N) is 2. The van der Waals surface area contributed by atoms with Crippen molar-refractivity contribution in [2.75, 3.05) is 20.2 Å². The fraction of sp³-hybridized carbons (Fsp3) is 0.526. The van der Waals surface area contributed by atoms with Crippen molar-refractivity contribution in [3.63, 3.8) is 0 Å². The van der Waals surface area contributed by atoms with E-state index in [1.165, 1.54) is 25.2 Å². The number of rotatable bonds is 6. The van der Waals surface area contributed by atoms with Crippen LogP contribution in [0.15, 0.2) is 24.3 Å². The van der Waals surface area contributed by atoms with Gasteiger partial charge in [-0.1, -0.05) is 12.1 Å². The Morgan fingerprint density at radius 1 is 1.21 bits per heavy atom. The van der Waals surface area contributed by atoms with Gasteiger partial charge in [0, 0.05) is 25.7 Å². The maximum Gasteiger partial charge on any atom is 0.408 e. The standard InChI is InChI=1S/C19H27N3O7/c1-7-28-16(24)15(23)21(6)12-19(5,20-17(25)29-18(2,3)4)13-9-8-10-14(11-13)22(26)27/h8-11H,7,12H2,1-6H3,(H,20,25). The van der Waals surface area contributed by atoms with Gasteiger partial charge in [-0.3, -0.25) is 14.9 Å². The zero-order valence-electron chi connectivity index (χ0n) is 17.5. The monoisotopic (exact) mass is 409 g/mol. The van der Waals surface area contributed by atoms with Gasteiger partial charge in [-0.2, -0.15) is 0 Å². The van der Waals surface area contributed by atoms with E-state index in [1.54, 1.807) is 40.7 Å². The molecule has 0 spiro atoms. The Hall–Kier alpha value is -3.17. The van der Waals surface area contributed by atoms with E-state index in [1.807, 2.05) is 0 Å². The second-order valence-electron chi connectivity index (χ2n) is 7.65. The van der Waals surface area contributed by atoms with Crippen LogP contribution in [-0.2, 0) is 24.6 Å². The van der Waals surface area contributed by atoms with E-state index in [-0.39, 0.29) is 18.8 Å². The molecule has 1 aromatic carbocycles. The van der Waals surface area contributed by atoms with E-state index in [0.717, 1.165) is 4.90 Å². The van der Waals surface area contributed by atoms with Crippen LogP contribution in [-0.4, -0.2) is 53.6 Å². The molecule has 0 heterocycles. The third kappa shape index (κ3) is 7.05. The molecule has 0 saturated carbocycles. The van der Waals surface area contributed by atoms with Crippen LogP contribution >= 0.6 is 0 Å². The minimum Gasteiger partial charge on any atom is -0.459 e. The molecule has 1 aromatic rings. The number of alkyl carbamates (subject to hydrolysis) is 1. The SMILES string of the molecule is CCOC(=O)C(=O)N(C)CC(C)(NC(=O)OC(C)(C)C)c1cccc([N+](=O)[O-])c1. The normalized spacial score (nSPS) is 13.0. The Bertz CT molecular complexity index is 788. The number of nitro benzene ring substituents is 1. The first-order valence-corrected chi connectivity index (χ1v) is 8.97. The lowest BCUT2D eigenvalue weighted by Gasteiger charge is -2.35. The molecule has 0 bridgehead atoms. The zero-order valence-corrected chi connectivity index (χ0v) is 17.5. The highest BCUT2D eigenvalue weighted by Crippen LogP contribution is 2.26. The van der Waals surface area contributed by atoms with E-state index >= 15 is 0 Å². The van der Waals surface area contributed by atoms with Crippen molar-refractivity contribution in [2.24, 2.45) is 0 Å². The molecular weight excluding hydrogens is 382 g/mol. The summed E-state index contributed by atoms with van der Waals surface area (Å²) in [6, 6.07) is 5.65. The third-order valence-corrected chi connectivity index (χ3v) is 3.82. The molecule has 1 rings (SSSR count). The topological polar surface area (TPSA) is 128 Å². The first-order chi connectivity index (χ1) is 13.3. The number of nitro groups is 1. The Morgan fingerprint density at radius 2 is 1.83 bits per heavy atom. The zero-order chi connectivity index (χ0) is 22.4. The van der Waals surface area contributed by atoms with Gasteiger partial charge in [0.15, 0.2) is 0 Å². The van der Waals surface area contributed by atoms with Gasteiger partial charge in [-0.25, -0.2) is 9.59 Å². The van der Waals surface area contributed by atoms with Crippen molar-refractivity contribution < 1.29 is 28.8 Å². The molecule has 10 nitrogen and oxygen atoms in total. The predicted molar refractivity (Wildman–Crippen MR) is 104 cm³/mol. The summed E-state index contributed by atoms with van der Waals surface area (Å²) < 4.78 is 9.99. The number of non-ortho nitro benzene ring substituents is 1. The van der Waals surface area contributed by atoms with Crippen LogP contribution in [0.3, 0.4) is 0 Å². The molecule has 0 saturated heterocycles. The van der Waals surface area contributed by atoms with E-state index < -0.39 is 34.0 Å². The summed E-state index contributed by atoms with van der Waals surface area (Å²) in [5, 5.41) is 13.8. The summed E-state index contributed by atoms with van der Waals surface area (Å²) in [6.45, 7) is 8.09.